The second kappa shape index (κ2) is 5.85. The molecule has 3 rings (SSSR count). The fraction of sp³-hybridized carbons (Fsp3) is 0.471. The Kier molecular flexibility index (Phi) is 4.09. The van der Waals surface area contributed by atoms with Gasteiger partial charge in [-0.05, 0) is 25.5 Å². The molecule has 1 unspecified atom stereocenters. The van der Waals surface area contributed by atoms with E-state index >= 15 is 0 Å². The summed E-state index contributed by atoms with van der Waals surface area (Å²) in [5, 5.41) is 5.94. The molecule has 1 aliphatic rings. The number of rotatable bonds is 5. The zero-order valence-electron chi connectivity index (χ0n) is 12.2. The highest BCUT2D eigenvalue weighted by atomic mass is 32.1. The molecule has 1 aliphatic heterocycles. The normalized spacial score (nSPS) is 22.0. The SMILES string of the molecule is CCCCC1(C(=O)c2csc3c(F)cccc23)CCNC1. The second-order valence-corrected chi connectivity index (χ2v) is 6.79. The Labute approximate surface area is 128 Å². The summed E-state index contributed by atoms with van der Waals surface area (Å²) >= 11 is 1.33. The molecule has 2 heterocycles. The molecule has 1 aromatic carbocycles. The van der Waals surface area contributed by atoms with E-state index in [0.29, 0.717) is 10.3 Å². The van der Waals surface area contributed by atoms with Crippen LogP contribution < -0.4 is 5.32 Å². The third-order valence-electron chi connectivity index (χ3n) is 4.53. The minimum atomic E-state index is -0.295. The summed E-state index contributed by atoms with van der Waals surface area (Å²) in [4.78, 5) is 13.1. The summed E-state index contributed by atoms with van der Waals surface area (Å²) in [6.07, 6.45) is 3.96. The summed E-state index contributed by atoms with van der Waals surface area (Å²) in [6.45, 7) is 3.79. The van der Waals surface area contributed by atoms with E-state index in [-0.39, 0.29) is 17.0 Å². The van der Waals surface area contributed by atoms with Gasteiger partial charge in [-0.2, -0.15) is 0 Å². The molecular formula is C17H20FNOS. The number of carbonyl (C=O) groups excluding carboxylic acids is 1. The number of carbonyl (C=O) groups is 1. The number of ketones is 1. The molecule has 0 bridgehead atoms. The highest BCUT2D eigenvalue weighted by Crippen LogP contribution is 2.39. The summed E-state index contributed by atoms with van der Waals surface area (Å²) in [7, 11) is 0. The van der Waals surface area contributed by atoms with Crippen molar-refractivity contribution in [1.82, 2.24) is 5.32 Å². The molecule has 1 atom stereocenters. The quantitative estimate of drug-likeness (QED) is 0.830. The predicted octanol–water partition coefficient (Wildman–Crippen LogP) is 4.39. The van der Waals surface area contributed by atoms with Crippen LogP contribution in [0, 0.1) is 11.2 Å². The van der Waals surface area contributed by atoms with Gasteiger partial charge in [0.2, 0.25) is 0 Å². The predicted molar refractivity (Wildman–Crippen MR) is 85.6 cm³/mol. The molecule has 0 amide bonds. The number of Topliss-reactive ketones (excluding diaryl/α,β-unsaturated/α-hetero) is 1. The van der Waals surface area contributed by atoms with Crippen molar-refractivity contribution in [2.24, 2.45) is 5.41 Å². The fourth-order valence-electron chi connectivity index (χ4n) is 3.26. The van der Waals surface area contributed by atoms with E-state index in [4.69, 9.17) is 0 Å². The molecule has 1 N–H and O–H groups in total. The number of thiophene rings is 1. The maximum atomic E-state index is 13.8. The van der Waals surface area contributed by atoms with Crippen LogP contribution in [0.15, 0.2) is 23.6 Å². The number of hydrogen-bond acceptors (Lipinski definition) is 3. The molecule has 0 radical (unpaired) electrons. The monoisotopic (exact) mass is 305 g/mol. The summed E-state index contributed by atoms with van der Waals surface area (Å²) in [5.74, 6) is -0.0403. The summed E-state index contributed by atoms with van der Waals surface area (Å²) in [5.41, 5.74) is 0.408. The van der Waals surface area contributed by atoms with Gasteiger partial charge in [-0.15, -0.1) is 11.3 Å². The van der Waals surface area contributed by atoms with Crippen molar-refractivity contribution in [3.05, 3.63) is 35.0 Å². The second-order valence-electron chi connectivity index (χ2n) is 5.91. The number of halogens is 1. The van der Waals surface area contributed by atoms with Gasteiger partial charge in [0.25, 0.3) is 0 Å². The number of hydrogen-bond donors (Lipinski definition) is 1. The van der Waals surface area contributed by atoms with E-state index in [2.05, 4.69) is 12.2 Å². The topological polar surface area (TPSA) is 29.1 Å². The molecule has 1 fully saturated rings. The van der Waals surface area contributed by atoms with Gasteiger partial charge >= 0.3 is 0 Å². The first-order valence-corrected chi connectivity index (χ1v) is 8.47. The van der Waals surface area contributed by atoms with E-state index in [1.165, 1.54) is 17.4 Å². The first-order valence-electron chi connectivity index (χ1n) is 7.59. The molecule has 2 aromatic rings. The van der Waals surface area contributed by atoms with E-state index in [9.17, 15) is 9.18 Å². The van der Waals surface area contributed by atoms with E-state index < -0.39 is 0 Å². The van der Waals surface area contributed by atoms with Crippen molar-refractivity contribution in [1.29, 1.82) is 0 Å². The van der Waals surface area contributed by atoms with Crippen molar-refractivity contribution in [3.63, 3.8) is 0 Å². The summed E-state index contributed by atoms with van der Waals surface area (Å²) < 4.78 is 14.4. The van der Waals surface area contributed by atoms with Crippen LogP contribution in [0.25, 0.3) is 10.1 Å². The Hall–Kier alpha value is -1.26. The smallest absolute Gasteiger partial charge is 0.171 e. The third-order valence-corrected chi connectivity index (χ3v) is 5.53. The fourth-order valence-corrected chi connectivity index (χ4v) is 4.22. The summed E-state index contributed by atoms with van der Waals surface area (Å²) in [6, 6.07) is 5.00. The Balaban J connectivity index is 2.00. The van der Waals surface area contributed by atoms with Crippen LogP contribution in [0.5, 0.6) is 0 Å². The highest BCUT2D eigenvalue weighted by molar-refractivity contribution is 7.17. The first kappa shape index (κ1) is 14.7. The molecule has 0 spiro atoms. The van der Waals surface area contributed by atoms with Crippen molar-refractivity contribution in [2.75, 3.05) is 13.1 Å². The van der Waals surface area contributed by atoms with Crippen molar-refractivity contribution in [2.45, 2.75) is 32.6 Å². The average molecular weight is 305 g/mol. The largest absolute Gasteiger partial charge is 0.316 e. The molecule has 1 aromatic heterocycles. The van der Waals surface area contributed by atoms with E-state index in [1.807, 2.05) is 11.4 Å². The molecule has 2 nitrogen and oxygen atoms in total. The van der Waals surface area contributed by atoms with Gasteiger partial charge in [-0.1, -0.05) is 31.9 Å². The van der Waals surface area contributed by atoms with Gasteiger partial charge in [0.15, 0.2) is 5.78 Å². The van der Waals surface area contributed by atoms with Gasteiger partial charge < -0.3 is 5.32 Å². The maximum Gasteiger partial charge on any atom is 0.171 e. The Bertz CT molecular complexity index is 658. The molecule has 21 heavy (non-hydrogen) atoms. The first-order chi connectivity index (χ1) is 10.2. The molecular weight excluding hydrogens is 285 g/mol. The van der Waals surface area contributed by atoms with Crippen LogP contribution in [0.4, 0.5) is 4.39 Å². The number of benzene rings is 1. The Morgan fingerprint density at radius 3 is 3.05 bits per heavy atom. The molecule has 0 aliphatic carbocycles. The minimum absolute atomic E-state index is 0.192. The lowest BCUT2D eigenvalue weighted by molar-refractivity contribution is 0.0802. The number of unbranched alkanes of at least 4 members (excludes halogenated alkanes) is 1. The number of fused-ring (bicyclic) bond motifs is 1. The van der Waals surface area contributed by atoms with Gasteiger partial charge in [-0.25, -0.2) is 4.39 Å². The zero-order chi connectivity index (χ0) is 14.9. The lowest BCUT2D eigenvalue weighted by Gasteiger charge is -2.26. The van der Waals surface area contributed by atoms with E-state index in [0.717, 1.165) is 44.2 Å². The van der Waals surface area contributed by atoms with Gasteiger partial charge in [0.1, 0.15) is 5.82 Å². The third kappa shape index (κ3) is 2.51. The lowest BCUT2D eigenvalue weighted by atomic mass is 9.75. The molecule has 4 heteroatoms. The molecule has 1 saturated heterocycles. The standard InChI is InChI=1S/C17H20FNOS/c1-2-3-7-17(8-9-19-11-17)16(20)13-10-21-15-12(13)5-4-6-14(15)18/h4-6,10,19H,2-3,7-9,11H2,1H3. The van der Waals surface area contributed by atoms with E-state index in [1.54, 1.807) is 6.07 Å². The lowest BCUT2D eigenvalue weighted by Crippen LogP contribution is -2.33. The van der Waals surface area contributed by atoms with Crippen molar-refractivity contribution < 1.29 is 9.18 Å². The van der Waals surface area contributed by atoms with Gasteiger partial charge in [-0.3, -0.25) is 4.79 Å². The van der Waals surface area contributed by atoms with Crippen LogP contribution in [-0.2, 0) is 0 Å². The number of nitrogens with one attached hydrogen (secondary N) is 1. The van der Waals surface area contributed by atoms with Crippen LogP contribution in [0.3, 0.4) is 0 Å². The minimum Gasteiger partial charge on any atom is -0.316 e. The molecule has 112 valence electrons. The average Bonchev–Trinajstić information content (AvgIpc) is 3.13. The Morgan fingerprint density at radius 2 is 2.33 bits per heavy atom. The van der Waals surface area contributed by atoms with Gasteiger partial charge in [0, 0.05) is 28.3 Å². The van der Waals surface area contributed by atoms with Crippen molar-refractivity contribution >= 4 is 27.2 Å². The van der Waals surface area contributed by atoms with Crippen LogP contribution >= 0.6 is 11.3 Å². The van der Waals surface area contributed by atoms with Gasteiger partial charge in [0.05, 0.1) is 4.70 Å². The highest BCUT2D eigenvalue weighted by Gasteiger charge is 2.41. The molecule has 0 saturated carbocycles. The Morgan fingerprint density at radius 1 is 1.48 bits per heavy atom. The van der Waals surface area contributed by atoms with Crippen LogP contribution in [-0.4, -0.2) is 18.9 Å². The van der Waals surface area contributed by atoms with Crippen molar-refractivity contribution in [3.8, 4) is 0 Å². The maximum absolute atomic E-state index is 13.8. The van der Waals surface area contributed by atoms with Crippen LogP contribution in [0.2, 0.25) is 0 Å². The zero-order valence-corrected chi connectivity index (χ0v) is 13.1. The van der Waals surface area contributed by atoms with Crippen LogP contribution in [0.1, 0.15) is 43.0 Å².